The molecule has 1 atom stereocenters. The zero-order chi connectivity index (χ0) is 13.1. The van der Waals surface area contributed by atoms with Gasteiger partial charge in [0.1, 0.15) is 5.76 Å². The summed E-state index contributed by atoms with van der Waals surface area (Å²) >= 11 is 17.9. The second-order valence-electron chi connectivity index (χ2n) is 4.08. The van der Waals surface area contributed by atoms with Gasteiger partial charge in [-0.25, -0.2) is 0 Å². The van der Waals surface area contributed by atoms with Gasteiger partial charge in [0.25, 0.3) is 0 Å². The van der Waals surface area contributed by atoms with Crippen molar-refractivity contribution in [2.24, 2.45) is 0 Å². The molecule has 2 rings (SSSR count). The lowest BCUT2D eigenvalue weighted by Gasteiger charge is -2.16. The number of halogens is 3. The lowest BCUT2D eigenvalue weighted by molar-refractivity contribution is 0.498. The molecule has 0 saturated heterocycles. The van der Waals surface area contributed by atoms with Crippen LogP contribution < -0.4 is 5.32 Å². The highest BCUT2D eigenvalue weighted by molar-refractivity contribution is 6.44. The molecule has 0 radical (unpaired) electrons. The molecule has 0 aliphatic rings. The molecule has 1 heterocycles. The number of rotatable bonds is 4. The van der Waals surface area contributed by atoms with Crippen LogP contribution in [0.25, 0.3) is 0 Å². The van der Waals surface area contributed by atoms with Crippen LogP contribution in [0.15, 0.2) is 34.9 Å². The third-order valence-electron chi connectivity index (χ3n) is 2.50. The number of anilines is 1. The average molecular weight is 305 g/mol. The van der Waals surface area contributed by atoms with E-state index in [-0.39, 0.29) is 6.04 Å². The van der Waals surface area contributed by atoms with Crippen molar-refractivity contribution >= 4 is 40.5 Å². The monoisotopic (exact) mass is 303 g/mol. The normalized spacial score (nSPS) is 12.4. The summed E-state index contributed by atoms with van der Waals surface area (Å²) in [5.74, 6) is 0.922. The van der Waals surface area contributed by atoms with Crippen LogP contribution in [-0.4, -0.2) is 6.04 Å². The van der Waals surface area contributed by atoms with Crippen molar-refractivity contribution in [2.45, 2.75) is 19.4 Å². The Hall–Kier alpha value is -0.830. The van der Waals surface area contributed by atoms with Gasteiger partial charge in [0.05, 0.1) is 27.0 Å². The van der Waals surface area contributed by atoms with E-state index in [0.717, 1.165) is 17.9 Å². The molecule has 1 unspecified atom stereocenters. The van der Waals surface area contributed by atoms with Crippen LogP contribution in [0, 0.1) is 0 Å². The predicted molar refractivity (Wildman–Crippen MR) is 77.0 cm³/mol. The zero-order valence-corrected chi connectivity index (χ0v) is 12.0. The van der Waals surface area contributed by atoms with E-state index < -0.39 is 0 Å². The summed E-state index contributed by atoms with van der Waals surface area (Å²) in [6, 6.07) is 7.34. The smallest absolute Gasteiger partial charge is 0.105 e. The third-order valence-corrected chi connectivity index (χ3v) is 3.53. The number of benzene rings is 1. The maximum Gasteiger partial charge on any atom is 0.105 e. The van der Waals surface area contributed by atoms with Crippen LogP contribution in [0.4, 0.5) is 5.69 Å². The second-order valence-corrected chi connectivity index (χ2v) is 5.30. The first-order valence-electron chi connectivity index (χ1n) is 5.49. The summed E-state index contributed by atoms with van der Waals surface area (Å²) < 4.78 is 5.29. The van der Waals surface area contributed by atoms with E-state index in [1.807, 2.05) is 19.1 Å². The third kappa shape index (κ3) is 3.35. The summed E-state index contributed by atoms with van der Waals surface area (Å²) in [6.45, 7) is 2.04. The van der Waals surface area contributed by atoms with Gasteiger partial charge in [-0.2, -0.15) is 0 Å². The van der Waals surface area contributed by atoms with E-state index in [0.29, 0.717) is 15.1 Å². The van der Waals surface area contributed by atoms with Gasteiger partial charge < -0.3 is 9.73 Å². The highest BCUT2D eigenvalue weighted by atomic mass is 35.5. The summed E-state index contributed by atoms with van der Waals surface area (Å²) in [5, 5.41) is 4.76. The van der Waals surface area contributed by atoms with E-state index >= 15 is 0 Å². The molecule has 0 spiro atoms. The Morgan fingerprint density at radius 2 is 1.89 bits per heavy atom. The van der Waals surface area contributed by atoms with Crippen molar-refractivity contribution in [1.82, 2.24) is 0 Å². The molecular weight excluding hydrogens is 293 g/mol. The topological polar surface area (TPSA) is 25.2 Å². The molecule has 5 heteroatoms. The maximum atomic E-state index is 6.10. The molecule has 2 nitrogen and oxygen atoms in total. The molecule has 0 aliphatic heterocycles. The van der Waals surface area contributed by atoms with Gasteiger partial charge in [-0.05, 0) is 31.2 Å². The summed E-state index contributed by atoms with van der Waals surface area (Å²) in [6.07, 6.45) is 2.43. The van der Waals surface area contributed by atoms with Gasteiger partial charge in [0.15, 0.2) is 0 Å². The molecule has 2 aromatic rings. The van der Waals surface area contributed by atoms with E-state index in [1.165, 1.54) is 0 Å². The van der Waals surface area contributed by atoms with Crippen molar-refractivity contribution in [3.63, 3.8) is 0 Å². The van der Waals surface area contributed by atoms with Gasteiger partial charge in [0.2, 0.25) is 0 Å². The quantitative estimate of drug-likeness (QED) is 0.777. The van der Waals surface area contributed by atoms with Crippen molar-refractivity contribution in [1.29, 1.82) is 0 Å². The molecule has 0 amide bonds. The minimum atomic E-state index is 0.172. The molecule has 1 aromatic heterocycles. The van der Waals surface area contributed by atoms with E-state index in [2.05, 4.69) is 5.32 Å². The van der Waals surface area contributed by atoms with Gasteiger partial charge in [0, 0.05) is 12.5 Å². The fourth-order valence-electron chi connectivity index (χ4n) is 1.68. The lowest BCUT2D eigenvalue weighted by Crippen LogP contribution is -2.18. The van der Waals surface area contributed by atoms with Crippen LogP contribution in [0.1, 0.15) is 12.7 Å². The van der Waals surface area contributed by atoms with Gasteiger partial charge in [-0.15, -0.1) is 0 Å². The molecule has 1 N–H and O–H groups in total. The molecule has 0 saturated carbocycles. The molecule has 1 aromatic carbocycles. The minimum absolute atomic E-state index is 0.172. The average Bonchev–Trinajstić information content (AvgIpc) is 2.78. The summed E-state index contributed by atoms with van der Waals surface area (Å²) in [7, 11) is 0. The van der Waals surface area contributed by atoms with Crippen LogP contribution in [0.2, 0.25) is 15.1 Å². The zero-order valence-electron chi connectivity index (χ0n) is 9.71. The van der Waals surface area contributed by atoms with Gasteiger partial charge >= 0.3 is 0 Å². The van der Waals surface area contributed by atoms with E-state index in [4.69, 9.17) is 39.2 Å². The number of nitrogens with one attached hydrogen (secondary N) is 1. The Labute approximate surface area is 121 Å². The standard InChI is InChI=1S/C13H12Cl3NO/c1-8(5-9-3-2-4-18-9)17-13-7-11(15)10(14)6-12(13)16/h2-4,6-8,17H,5H2,1H3. The molecule has 18 heavy (non-hydrogen) atoms. The Kier molecular flexibility index (Phi) is 4.44. The van der Waals surface area contributed by atoms with E-state index in [1.54, 1.807) is 18.4 Å². The van der Waals surface area contributed by atoms with Gasteiger partial charge in [-0.3, -0.25) is 0 Å². The predicted octanol–water partition coefficient (Wildman–Crippen LogP) is 5.28. The lowest BCUT2D eigenvalue weighted by atomic mass is 10.2. The minimum Gasteiger partial charge on any atom is -0.469 e. The van der Waals surface area contributed by atoms with Crippen molar-refractivity contribution < 1.29 is 4.42 Å². The molecule has 0 bridgehead atoms. The largest absolute Gasteiger partial charge is 0.469 e. The van der Waals surface area contributed by atoms with Crippen molar-refractivity contribution in [3.05, 3.63) is 51.4 Å². The Balaban J connectivity index is 2.07. The second kappa shape index (κ2) is 5.87. The fraction of sp³-hybridized carbons (Fsp3) is 0.231. The summed E-state index contributed by atoms with van der Waals surface area (Å²) in [4.78, 5) is 0. The SMILES string of the molecule is CC(Cc1ccco1)Nc1cc(Cl)c(Cl)cc1Cl. The molecule has 96 valence electrons. The van der Waals surface area contributed by atoms with Crippen LogP contribution >= 0.6 is 34.8 Å². The van der Waals surface area contributed by atoms with Crippen LogP contribution in [0.5, 0.6) is 0 Å². The summed E-state index contributed by atoms with van der Waals surface area (Å²) in [5.41, 5.74) is 0.769. The molecule has 0 fully saturated rings. The first kappa shape index (κ1) is 13.6. The first-order chi connectivity index (χ1) is 8.56. The highest BCUT2D eigenvalue weighted by Crippen LogP contribution is 2.32. The highest BCUT2D eigenvalue weighted by Gasteiger charge is 2.10. The van der Waals surface area contributed by atoms with Gasteiger partial charge in [-0.1, -0.05) is 34.8 Å². The number of hydrogen-bond acceptors (Lipinski definition) is 2. The van der Waals surface area contributed by atoms with Crippen molar-refractivity contribution in [3.8, 4) is 0 Å². The first-order valence-corrected chi connectivity index (χ1v) is 6.63. The van der Waals surface area contributed by atoms with Crippen LogP contribution in [0.3, 0.4) is 0 Å². The number of furan rings is 1. The fourth-order valence-corrected chi connectivity index (χ4v) is 2.28. The van der Waals surface area contributed by atoms with Crippen LogP contribution in [-0.2, 0) is 6.42 Å². The van der Waals surface area contributed by atoms with Crippen molar-refractivity contribution in [2.75, 3.05) is 5.32 Å². The molecule has 0 aliphatic carbocycles. The Morgan fingerprint density at radius 1 is 1.17 bits per heavy atom. The molecular formula is C13H12Cl3NO. The maximum absolute atomic E-state index is 6.10. The Morgan fingerprint density at radius 3 is 2.56 bits per heavy atom. The Bertz CT molecular complexity index is 525. The number of hydrogen-bond donors (Lipinski definition) is 1. The van der Waals surface area contributed by atoms with E-state index in [9.17, 15) is 0 Å².